The van der Waals surface area contributed by atoms with Gasteiger partial charge in [0.2, 0.25) is 0 Å². The maximum absolute atomic E-state index is 13.1. The number of benzene rings is 1. The zero-order valence-electron chi connectivity index (χ0n) is 10.6. The summed E-state index contributed by atoms with van der Waals surface area (Å²) in [6, 6.07) is 4.61. The highest BCUT2D eigenvalue weighted by atomic mass is 35.5. The van der Waals surface area contributed by atoms with E-state index in [1.54, 1.807) is 12.1 Å². The van der Waals surface area contributed by atoms with Crippen LogP contribution in [0.2, 0.25) is 5.02 Å². The van der Waals surface area contributed by atoms with E-state index in [-0.39, 0.29) is 5.02 Å². The highest BCUT2D eigenvalue weighted by Crippen LogP contribution is 2.69. The average Bonchev–Trinajstić information content (AvgIpc) is 2.83. The molecule has 0 saturated heterocycles. The molecule has 3 aliphatic rings. The molecule has 3 fully saturated rings. The molecule has 0 N–H and O–H groups in total. The molecule has 100 valence electrons. The number of carbonyl (C=O) groups is 1. The van der Waals surface area contributed by atoms with E-state index in [1.807, 2.05) is 0 Å². The van der Waals surface area contributed by atoms with Crippen molar-refractivity contribution in [1.82, 2.24) is 0 Å². The van der Waals surface area contributed by atoms with Gasteiger partial charge in [0.15, 0.2) is 0 Å². The summed E-state index contributed by atoms with van der Waals surface area (Å²) in [6.45, 7) is 0. The van der Waals surface area contributed by atoms with Gasteiger partial charge in [-0.3, -0.25) is 4.79 Å². The molecule has 4 atom stereocenters. The van der Waals surface area contributed by atoms with Gasteiger partial charge in [0, 0.05) is 12.3 Å². The zero-order valence-corrected chi connectivity index (χ0v) is 11.4. The van der Waals surface area contributed by atoms with Crippen molar-refractivity contribution in [2.24, 2.45) is 29.6 Å². The number of carbonyl (C=O) groups excluding carboxylic acids is 1. The maximum atomic E-state index is 13.1. The Kier molecular flexibility index (Phi) is 2.54. The molecule has 0 aliphatic heterocycles. The van der Waals surface area contributed by atoms with Crippen LogP contribution in [0.3, 0.4) is 0 Å². The largest absolute Gasteiger partial charge is 0.299 e. The summed E-state index contributed by atoms with van der Waals surface area (Å²) in [4.78, 5) is 12.4. The molecule has 2 bridgehead atoms. The van der Waals surface area contributed by atoms with Gasteiger partial charge in [0.1, 0.15) is 11.6 Å². The predicted octanol–water partition coefficient (Wildman–Crippen LogP) is 3.88. The standard InChI is InChI=1S/C16H16ClFO/c17-11-5-8(1-4-12(11)18)6-13(19)16-14-9-2-3-10(7-9)15(14)16/h1,4-5,9-10,14-16H,2-3,6-7H2. The lowest BCUT2D eigenvalue weighted by Crippen LogP contribution is -2.12. The summed E-state index contributed by atoms with van der Waals surface area (Å²) in [5, 5.41) is 0.112. The highest BCUT2D eigenvalue weighted by Gasteiger charge is 2.66. The predicted molar refractivity (Wildman–Crippen MR) is 71.4 cm³/mol. The summed E-state index contributed by atoms with van der Waals surface area (Å²) < 4.78 is 13.1. The Bertz CT molecular complexity index is 540. The fourth-order valence-corrected chi connectivity index (χ4v) is 4.93. The molecule has 3 aliphatic carbocycles. The summed E-state index contributed by atoms with van der Waals surface area (Å²) >= 11 is 5.76. The van der Waals surface area contributed by atoms with Gasteiger partial charge < -0.3 is 0 Å². The molecule has 0 aromatic heterocycles. The minimum absolute atomic E-state index is 0.112. The Morgan fingerprint density at radius 3 is 2.58 bits per heavy atom. The lowest BCUT2D eigenvalue weighted by atomic mass is 9.96. The molecule has 0 heterocycles. The first kappa shape index (κ1) is 11.9. The van der Waals surface area contributed by atoms with Crippen LogP contribution in [0.1, 0.15) is 24.8 Å². The van der Waals surface area contributed by atoms with E-state index >= 15 is 0 Å². The lowest BCUT2D eigenvalue weighted by Gasteiger charge is -2.08. The molecule has 1 aromatic rings. The Morgan fingerprint density at radius 1 is 1.26 bits per heavy atom. The van der Waals surface area contributed by atoms with E-state index in [9.17, 15) is 9.18 Å². The molecule has 0 radical (unpaired) electrons. The highest BCUT2D eigenvalue weighted by molar-refractivity contribution is 6.30. The Balaban J connectivity index is 1.47. The normalized spacial score (nSPS) is 38.3. The van der Waals surface area contributed by atoms with Crippen LogP contribution in [0.4, 0.5) is 4.39 Å². The van der Waals surface area contributed by atoms with E-state index in [2.05, 4.69) is 0 Å². The second-order valence-corrected chi connectivity index (χ2v) is 6.81. The fourth-order valence-electron chi connectivity index (χ4n) is 4.72. The summed E-state index contributed by atoms with van der Waals surface area (Å²) in [6.07, 6.45) is 4.44. The van der Waals surface area contributed by atoms with Crippen molar-refractivity contribution < 1.29 is 9.18 Å². The first-order chi connectivity index (χ1) is 9.15. The summed E-state index contributed by atoms with van der Waals surface area (Å²) in [7, 11) is 0. The molecule has 4 unspecified atom stereocenters. The van der Waals surface area contributed by atoms with Crippen molar-refractivity contribution in [3.05, 3.63) is 34.6 Å². The molecule has 0 amide bonds. The van der Waals surface area contributed by atoms with Gasteiger partial charge in [-0.1, -0.05) is 17.7 Å². The summed E-state index contributed by atoms with van der Waals surface area (Å²) in [5.74, 6) is 3.23. The lowest BCUT2D eigenvalue weighted by molar-refractivity contribution is -0.120. The number of rotatable bonds is 3. The van der Waals surface area contributed by atoms with Crippen molar-refractivity contribution in [3.63, 3.8) is 0 Å². The quantitative estimate of drug-likeness (QED) is 0.820. The molecule has 19 heavy (non-hydrogen) atoms. The third-order valence-electron chi connectivity index (χ3n) is 5.47. The molecule has 4 rings (SSSR count). The van der Waals surface area contributed by atoms with Gasteiger partial charge in [-0.2, -0.15) is 0 Å². The third-order valence-corrected chi connectivity index (χ3v) is 5.76. The van der Waals surface area contributed by atoms with Crippen LogP contribution < -0.4 is 0 Å². The summed E-state index contributed by atoms with van der Waals surface area (Å²) in [5.41, 5.74) is 0.841. The van der Waals surface area contributed by atoms with Crippen molar-refractivity contribution in [3.8, 4) is 0 Å². The van der Waals surface area contributed by atoms with Crippen LogP contribution in [0.15, 0.2) is 18.2 Å². The second-order valence-electron chi connectivity index (χ2n) is 6.41. The van der Waals surface area contributed by atoms with E-state index < -0.39 is 5.82 Å². The molecular formula is C16H16ClFO. The monoisotopic (exact) mass is 278 g/mol. The zero-order chi connectivity index (χ0) is 13.1. The number of hydrogen-bond donors (Lipinski definition) is 0. The van der Waals surface area contributed by atoms with Gasteiger partial charge in [-0.25, -0.2) is 4.39 Å². The first-order valence-electron chi connectivity index (χ1n) is 7.12. The number of halogens is 2. The van der Waals surface area contributed by atoms with E-state index in [0.29, 0.717) is 30.0 Å². The van der Waals surface area contributed by atoms with E-state index in [4.69, 9.17) is 11.6 Å². The Labute approximate surface area is 117 Å². The van der Waals surface area contributed by atoms with E-state index in [1.165, 1.54) is 25.3 Å². The van der Waals surface area contributed by atoms with Crippen molar-refractivity contribution in [1.29, 1.82) is 0 Å². The molecular weight excluding hydrogens is 263 g/mol. The maximum Gasteiger partial charge on any atom is 0.141 e. The fraction of sp³-hybridized carbons (Fsp3) is 0.562. The van der Waals surface area contributed by atoms with Crippen LogP contribution in [0.25, 0.3) is 0 Å². The van der Waals surface area contributed by atoms with Crippen molar-refractivity contribution >= 4 is 17.4 Å². The van der Waals surface area contributed by atoms with Gasteiger partial charge in [0.25, 0.3) is 0 Å². The molecule has 3 saturated carbocycles. The first-order valence-corrected chi connectivity index (χ1v) is 7.49. The van der Waals surface area contributed by atoms with Crippen molar-refractivity contribution in [2.75, 3.05) is 0 Å². The van der Waals surface area contributed by atoms with Crippen LogP contribution in [0.5, 0.6) is 0 Å². The minimum Gasteiger partial charge on any atom is -0.299 e. The Morgan fingerprint density at radius 2 is 1.95 bits per heavy atom. The SMILES string of the molecule is O=C(Cc1ccc(F)c(Cl)c1)C1C2C3CCC(C3)C12. The number of ketones is 1. The van der Waals surface area contributed by atoms with Crippen LogP contribution >= 0.6 is 11.6 Å². The third kappa shape index (κ3) is 1.76. The molecule has 1 nitrogen and oxygen atoms in total. The van der Waals surface area contributed by atoms with E-state index in [0.717, 1.165) is 17.4 Å². The van der Waals surface area contributed by atoms with Gasteiger partial charge >= 0.3 is 0 Å². The van der Waals surface area contributed by atoms with Gasteiger partial charge in [-0.15, -0.1) is 0 Å². The Hall–Kier alpha value is -0.890. The van der Waals surface area contributed by atoms with Crippen LogP contribution in [0, 0.1) is 35.4 Å². The molecule has 1 aromatic carbocycles. The average molecular weight is 279 g/mol. The smallest absolute Gasteiger partial charge is 0.141 e. The topological polar surface area (TPSA) is 17.1 Å². The van der Waals surface area contributed by atoms with Gasteiger partial charge in [0.05, 0.1) is 5.02 Å². The molecule has 3 heteroatoms. The number of hydrogen-bond acceptors (Lipinski definition) is 1. The van der Waals surface area contributed by atoms with Crippen LogP contribution in [-0.4, -0.2) is 5.78 Å². The van der Waals surface area contributed by atoms with Gasteiger partial charge in [-0.05, 0) is 60.6 Å². The minimum atomic E-state index is -0.417. The number of Topliss-reactive ketones (excluding diaryl/α,β-unsaturated/α-hetero) is 1. The second kappa shape index (κ2) is 4.05. The number of fused-ring (bicyclic) bond motifs is 5. The van der Waals surface area contributed by atoms with Crippen molar-refractivity contribution in [2.45, 2.75) is 25.7 Å². The van der Waals surface area contributed by atoms with Crippen LogP contribution in [-0.2, 0) is 11.2 Å². The molecule has 0 spiro atoms.